The van der Waals surface area contributed by atoms with E-state index < -0.39 is 0 Å². The highest BCUT2D eigenvalue weighted by Gasteiger charge is 2.22. The highest BCUT2D eigenvalue weighted by Crippen LogP contribution is 2.35. The molecule has 4 heteroatoms. The molecular formula is C17H19NO3. The average molecular weight is 285 g/mol. The van der Waals surface area contributed by atoms with Gasteiger partial charge in [0, 0.05) is 6.54 Å². The van der Waals surface area contributed by atoms with Gasteiger partial charge in [-0.3, -0.25) is 0 Å². The van der Waals surface area contributed by atoms with Crippen LogP contribution in [0.25, 0.3) is 0 Å². The Hall–Kier alpha value is -2.20. The van der Waals surface area contributed by atoms with Crippen LogP contribution in [0.5, 0.6) is 17.2 Å². The van der Waals surface area contributed by atoms with Crippen molar-refractivity contribution in [3.8, 4) is 17.2 Å². The van der Waals surface area contributed by atoms with Crippen LogP contribution in [-0.4, -0.2) is 25.9 Å². The van der Waals surface area contributed by atoms with Crippen LogP contribution in [0.15, 0.2) is 36.4 Å². The van der Waals surface area contributed by atoms with Gasteiger partial charge in [-0.05, 0) is 47.4 Å². The SMILES string of the molecule is COc1ccc(C2NCCc3cc(O)ccc32)cc1OC. The molecule has 1 aliphatic rings. The van der Waals surface area contributed by atoms with Gasteiger partial charge in [0.25, 0.3) is 0 Å². The van der Waals surface area contributed by atoms with Gasteiger partial charge in [-0.2, -0.15) is 0 Å². The van der Waals surface area contributed by atoms with E-state index in [1.165, 1.54) is 11.1 Å². The Morgan fingerprint density at radius 3 is 2.62 bits per heavy atom. The van der Waals surface area contributed by atoms with E-state index in [0.717, 1.165) is 30.0 Å². The second kappa shape index (κ2) is 5.66. The number of benzene rings is 2. The fraction of sp³-hybridized carbons (Fsp3) is 0.294. The van der Waals surface area contributed by atoms with Gasteiger partial charge < -0.3 is 19.9 Å². The van der Waals surface area contributed by atoms with Crippen molar-refractivity contribution in [2.45, 2.75) is 12.5 Å². The maximum absolute atomic E-state index is 9.64. The molecule has 0 aromatic heterocycles. The minimum Gasteiger partial charge on any atom is -0.508 e. The third-order valence-electron chi connectivity index (χ3n) is 3.92. The van der Waals surface area contributed by atoms with Crippen LogP contribution in [-0.2, 0) is 6.42 Å². The molecule has 1 unspecified atom stereocenters. The maximum Gasteiger partial charge on any atom is 0.161 e. The maximum atomic E-state index is 9.64. The third kappa shape index (κ3) is 2.54. The first kappa shape index (κ1) is 13.8. The van der Waals surface area contributed by atoms with Gasteiger partial charge in [0.2, 0.25) is 0 Å². The van der Waals surface area contributed by atoms with Crippen molar-refractivity contribution in [3.05, 3.63) is 53.1 Å². The number of hydrogen-bond donors (Lipinski definition) is 2. The second-order valence-corrected chi connectivity index (χ2v) is 5.13. The number of phenolic OH excluding ortho intramolecular Hbond substituents is 1. The Morgan fingerprint density at radius 2 is 1.86 bits per heavy atom. The quantitative estimate of drug-likeness (QED) is 0.910. The van der Waals surface area contributed by atoms with E-state index in [1.54, 1.807) is 20.3 Å². The van der Waals surface area contributed by atoms with Crippen LogP contribution in [0.2, 0.25) is 0 Å². The predicted molar refractivity (Wildman–Crippen MR) is 81.2 cm³/mol. The Bertz CT molecular complexity index is 654. The Morgan fingerprint density at radius 1 is 1.05 bits per heavy atom. The molecule has 0 fully saturated rings. The first-order valence-electron chi connectivity index (χ1n) is 7.00. The average Bonchev–Trinajstić information content (AvgIpc) is 2.53. The van der Waals surface area contributed by atoms with E-state index in [-0.39, 0.29) is 6.04 Å². The molecule has 0 aliphatic carbocycles. The standard InChI is InChI=1S/C17H19NO3/c1-20-15-6-3-12(10-16(15)21-2)17-14-5-4-13(19)9-11(14)7-8-18-17/h3-6,9-10,17-19H,7-8H2,1-2H3. The molecule has 1 atom stereocenters. The molecule has 0 radical (unpaired) electrons. The summed E-state index contributed by atoms with van der Waals surface area (Å²) in [6.07, 6.45) is 0.924. The summed E-state index contributed by atoms with van der Waals surface area (Å²) in [5.74, 6) is 1.77. The summed E-state index contributed by atoms with van der Waals surface area (Å²) in [5, 5.41) is 13.2. The van der Waals surface area contributed by atoms with Gasteiger partial charge in [-0.25, -0.2) is 0 Å². The van der Waals surface area contributed by atoms with Crippen molar-refractivity contribution in [3.63, 3.8) is 0 Å². The number of ether oxygens (including phenoxy) is 2. The molecule has 2 aromatic carbocycles. The van der Waals surface area contributed by atoms with Crippen molar-refractivity contribution < 1.29 is 14.6 Å². The summed E-state index contributed by atoms with van der Waals surface area (Å²) < 4.78 is 10.7. The van der Waals surface area contributed by atoms with E-state index in [1.807, 2.05) is 30.3 Å². The molecule has 2 N–H and O–H groups in total. The van der Waals surface area contributed by atoms with Crippen LogP contribution in [0.4, 0.5) is 0 Å². The molecule has 0 amide bonds. The second-order valence-electron chi connectivity index (χ2n) is 5.13. The topological polar surface area (TPSA) is 50.7 Å². The third-order valence-corrected chi connectivity index (χ3v) is 3.92. The highest BCUT2D eigenvalue weighted by molar-refractivity contribution is 5.48. The molecule has 1 aliphatic heterocycles. The number of rotatable bonds is 3. The monoisotopic (exact) mass is 285 g/mol. The summed E-state index contributed by atoms with van der Waals surface area (Å²) in [4.78, 5) is 0. The number of nitrogens with one attached hydrogen (secondary N) is 1. The normalized spacial score (nSPS) is 17.1. The smallest absolute Gasteiger partial charge is 0.161 e. The lowest BCUT2D eigenvalue weighted by atomic mass is 9.89. The van der Waals surface area contributed by atoms with Crippen LogP contribution >= 0.6 is 0 Å². The minimum atomic E-state index is 0.106. The molecule has 0 saturated heterocycles. The van der Waals surface area contributed by atoms with Crippen LogP contribution in [0.1, 0.15) is 22.7 Å². The summed E-state index contributed by atoms with van der Waals surface area (Å²) >= 11 is 0. The number of hydrogen-bond acceptors (Lipinski definition) is 4. The molecule has 21 heavy (non-hydrogen) atoms. The van der Waals surface area contributed by atoms with Gasteiger partial charge in [0.15, 0.2) is 11.5 Å². The number of phenols is 1. The van der Waals surface area contributed by atoms with Crippen molar-refractivity contribution in [1.29, 1.82) is 0 Å². The molecule has 0 saturated carbocycles. The largest absolute Gasteiger partial charge is 0.508 e. The number of fused-ring (bicyclic) bond motifs is 1. The van der Waals surface area contributed by atoms with Gasteiger partial charge in [-0.15, -0.1) is 0 Å². The van der Waals surface area contributed by atoms with Crippen molar-refractivity contribution in [1.82, 2.24) is 5.32 Å². The first-order chi connectivity index (χ1) is 10.2. The molecule has 4 nitrogen and oxygen atoms in total. The summed E-state index contributed by atoms with van der Waals surface area (Å²) in [7, 11) is 3.27. The summed E-state index contributed by atoms with van der Waals surface area (Å²) in [6, 6.07) is 11.6. The van der Waals surface area contributed by atoms with Crippen molar-refractivity contribution in [2.75, 3.05) is 20.8 Å². The lowest BCUT2D eigenvalue weighted by Gasteiger charge is -2.28. The van der Waals surface area contributed by atoms with E-state index in [2.05, 4.69) is 5.32 Å². The Balaban J connectivity index is 2.02. The van der Waals surface area contributed by atoms with Gasteiger partial charge in [0.1, 0.15) is 5.75 Å². The molecule has 2 aromatic rings. The summed E-state index contributed by atoms with van der Waals surface area (Å²) in [6.45, 7) is 0.884. The zero-order chi connectivity index (χ0) is 14.8. The van der Waals surface area contributed by atoms with Crippen molar-refractivity contribution >= 4 is 0 Å². The van der Waals surface area contributed by atoms with E-state index >= 15 is 0 Å². The summed E-state index contributed by atoms with van der Waals surface area (Å²) in [5.41, 5.74) is 3.51. The zero-order valence-electron chi connectivity index (χ0n) is 12.2. The van der Waals surface area contributed by atoms with Crippen LogP contribution < -0.4 is 14.8 Å². The fourth-order valence-electron chi connectivity index (χ4n) is 2.88. The van der Waals surface area contributed by atoms with Gasteiger partial charge >= 0.3 is 0 Å². The minimum absolute atomic E-state index is 0.106. The predicted octanol–water partition coefficient (Wildman–Crippen LogP) is 2.64. The lowest BCUT2D eigenvalue weighted by molar-refractivity contribution is 0.354. The Labute approximate surface area is 124 Å². The lowest BCUT2D eigenvalue weighted by Crippen LogP contribution is -2.30. The van der Waals surface area contributed by atoms with Crippen molar-refractivity contribution in [2.24, 2.45) is 0 Å². The van der Waals surface area contributed by atoms with E-state index in [4.69, 9.17) is 9.47 Å². The van der Waals surface area contributed by atoms with Gasteiger partial charge in [0.05, 0.1) is 20.3 Å². The molecule has 1 heterocycles. The number of methoxy groups -OCH3 is 2. The van der Waals surface area contributed by atoms with Crippen LogP contribution in [0.3, 0.4) is 0 Å². The first-order valence-corrected chi connectivity index (χ1v) is 7.00. The fourth-order valence-corrected chi connectivity index (χ4v) is 2.88. The molecular weight excluding hydrogens is 266 g/mol. The molecule has 3 rings (SSSR count). The van der Waals surface area contributed by atoms with Crippen LogP contribution in [0, 0.1) is 0 Å². The molecule has 0 spiro atoms. The van der Waals surface area contributed by atoms with E-state index in [0.29, 0.717) is 5.75 Å². The number of aromatic hydroxyl groups is 1. The van der Waals surface area contributed by atoms with Gasteiger partial charge in [-0.1, -0.05) is 12.1 Å². The zero-order valence-corrected chi connectivity index (χ0v) is 12.2. The molecule has 110 valence electrons. The van der Waals surface area contributed by atoms with E-state index in [9.17, 15) is 5.11 Å². The molecule has 0 bridgehead atoms. The highest BCUT2D eigenvalue weighted by atomic mass is 16.5. The Kier molecular flexibility index (Phi) is 3.71.